The van der Waals surface area contributed by atoms with E-state index in [0.29, 0.717) is 13.0 Å². The Hall–Kier alpha value is -0.670. The van der Waals surface area contributed by atoms with Crippen LogP contribution in [0, 0.1) is 0 Å². The molecule has 1 amide bonds. The third kappa shape index (κ3) is 2.36. The molecule has 0 saturated carbocycles. The van der Waals surface area contributed by atoms with Crippen LogP contribution >= 0.6 is 23.4 Å². The molecular formula is C12H14ClNOS. The first-order valence-electron chi connectivity index (χ1n) is 5.40. The molecule has 0 saturated heterocycles. The van der Waals surface area contributed by atoms with E-state index in [9.17, 15) is 4.79 Å². The largest absolute Gasteiger partial charge is 0.337 e. The van der Waals surface area contributed by atoms with Gasteiger partial charge in [0.05, 0.1) is 0 Å². The summed E-state index contributed by atoms with van der Waals surface area (Å²) in [6.45, 7) is 3.35. The molecule has 4 heteroatoms. The Balaban J connectivity index is 2.29. The van der Waals surface area contributed by atoms with Crippen LogP contribution in [0.1, 0.15) is 18.9 Å². The first-order chi connectivity index (χ1) is 7.72. The summed E-state index contributed by atoms with van der Waals surface area (Å²) in [5.74, 6) is 1.15. The highest BCUT2D eigenvalue weighted by atomic mass is 35.5. The van der Waals surface area contributed by atoms with Gasteiger partial charge in [0, 0.05) is 40.7 Å². The lowest BCUT2D eigenvalue weighted by Crippen LogP contribution is -2.30. The maximum Gasteiger partial charge on any atom is 0.222 e. The van der Waals surface area contributed by atoms with Crippen molar-refractivity contribution in [3.05, 3.63) is 28.8 Å². The number of hydrogen-bond acceptors (Lipinski definition) is 2. The van der Waals surface area contributed by atoms with E-state index < -0.39 is 0 Å². The highest BCUT2D eigenvalue weighted by Crippen LogP contribution is 2.32. The monoisotopic (exact) mass is 255 g/mol. The van der Waals surface area contributed by atoms with E-state index in [2.05, 4.69) is 6.07 Å². The molecule has 1 aromatic carbocycles. The molecule has 16 heavy (non-hydrogen) atoms. The van der Waals surface area contributed by atoms with Crippen LogP contribution in [0.3, 0.4) is 0 Å². The average molecular weight is 256 g/mol. The van der Waals surface area contributed by atoms with Gasteiger partial charge >= 0.3 is 0 Å². The van der Waals surface area contributed by atoms with Gasteiger partial charge in [-0.15, -0.1) is 11.8 Å². The lowest BCUT2D eigenvalue weighted by molar-refractivity contribution is -0.131. The molecular weight excluding hydrogens is 242 g/mol. The van der Waals surface area contributed by atoms with E-state index in [1.807, 2.05) is 24.0 Å². The first kappa shape index (κ1) is 11.8. The topological polar surface area (TPSA) is 20.3 Å². The molecule has 0 spiro atoms. The Morgan fingerprint density at radius 1 is 1.56 bits per heavy atom. The molecule has 2 rings (SSSR count). The Morgan fingerprint density at radius 3 is 3.12 bits per heavy atom. The van der Waals surface area contributed by atoms with E-state index in [0.717, 1.165) is 22.9 Å². The van der Waals surface area contributed by atoms with E-state index in [4.69, 9.17) is 11.6 Å². The van der Waals surface area contributed by atoms with E-state index in [1.165, 1.54) is 4.90 Å². The SMILES string of the molecule is CCC(=O)N1CCSc2cccc(Cl)c2C1. The lowest BCUT2D eigenvalue weighted by atomic mass is 10.2. The van der Waals surface area contributed by atoms with Gasteiger partial charge in [-0.1, -0.05) is 24.6 Å². The Bertz CT molecular complexity index is 408. The summed E-state index contributed by atoms with van der Waals surface area (Å²) in [4.78, 5) is 14.8. The van der Waals surface area contributed by atoms with Crippen molar-refractivity contribution in [2.45, 2.75) is 24.8 Å². The van der Waals surface area contributed by atoms with Crippen LogP contribution in [-0.2, 0) is 11.3 Å². The molecule has 0 N–H and O–H groups in total. The molecule has 0 aliphatic carbocycles. The van der Waals surface area contributed by atoms with Crippen molar-refractivity contribution in [1.82, 2.24) is 4.90 Å². The quantitative estimate of drug-likeness (QED) is 0.768. The maximum absolute atomic E-state index is 11.7. The van der Waals surface area contributed by atoms with Gasteiger partial charge in [0.2, 0.25) is 5.91 Å². The number of nitrogens with zero attached hydrogens (tertiary/aromatic N) is 1. The number of rotatable bonds is 1. The standard InChI is InChI=1S/C12H14ClNOS/c1-2-12(15)14-6-7-16-11-5-3-4-10(13)9(11)8-14/h3-5H,2,6-8H2,1H3. The minimum Gasteiger partial charge on any atom is -0.337 e. The smallest absolute Gasteiger partial charge is 0.222 e. The minimum atomic E-state index is 0.202. The minimum absolute atomic E-state index is 0.202. The van der Waals surface area contributed by atoms with Crippen molar-refractivity contribution in [3.63, 3.8) is 0 Å². The van der Waals surface area contributed by atoms with Gasteiger partial charge in [0.25, 0.3) is 0 Å². The molecule has 0 unspecified atom stereocenters. The van der Waals surface area contributed by atoms with Gasteiger partial charge < -0.3 is 4.90 Å². The van der Waals surface area contributed by atoms with E-state index >= 15 is 0 Å². The molecule has 0 fully saturated rings. The van der Waals surface area contributed by atoms with Crippen LogP contribution < -0.4 is 0 Å². The van der Waals surface area contributed by atoms with Crippen molar-refractivity contribution in [2.24, 2.45) is 0 Å². The summed E-state index contributed by atoms with van der Waals surface area (Å²) in [5.41, 5.74) is 1.09. The van der Waals surface area contributed by atoms with Gasteiger partial charge in [-0.3, -0.25) is 4.79 Å². The van der Waals surface area contributed by atoms with Crippen molar-refractivity contribution < 1.29 is 4.79 Å². The van der Waals surface area contributed by atoms with Gasteiger partial charge in [0.1, 0.15) is 0 Å². The molecule has 0 radical (unpaired) electrons. The number of thioether (sulfide) groups is 1. The molecule has 86 valence electrons. The van der Waals surface area contributed by atoms with Crippen LogP contribution in [0.15, 0.2) is 23.1 Å². The Kier molecular flexibility index (Phi) is 3.77. The summed E-state index contributed by atoms with van der Waals surface area (Å²) in [6.07, 6.45) is 0.560. The van der Waals surface area contributed by atoms with E-state index in [1.54, 1.807) is 11.8 Å². The van der Waals surface area contributed by atoms with E-state index in [-0.39, 0.29) is 5.91 Å². The first-order valence-corrected chi connectivity index (χ1v) is 6.76. The van der Waals surface area contributed by atoms with Crippen LogP contribution in [0.4, 0.5) is 0 Å². The molecule has 0 aromatic heterocycles. The fourth-order valence-electron chi connectivity index (χ4n) is 1.80. The zero-order valence-electron chi connectivity index (χ0n) is 9.20. The fraction of sp³-hybridized carbons (Fsp3) is 0.417. The third-order valence-corrected chi connectivity index (χ3v) is 4.13. The van der Waals surface area contributed by atoms with Crippen LogP contribution in [0.5, 0.6) is 0 Å². The number of fused-ring (bicyclic) bond motifs is 1. The van der Waals surface area contributed by atoms with Crippen LogP contribution in [-0.4, -0.2) is 23.1 Å². The Labute approximate surface area is 105 Å². The van der Waals surface area contributed by atoms with Crippen molar-refractivity contribution >= 4 is 29.3 Å². The molecule has 2 nitrogen and oxygen atoms in total. The maximum atomic E-state index is 11.7. The number of carbonyl (C=O) groups is 1. The average Bonchev–Trinajstić information content (AvgIpc) is 2.51. The second-order valence-electron chi connectivity index (χ2n) is 3.73. The van der Waals surface area contributed by atoms with Gasteiger partial charge in [-0.2, -0.15) is 0 Å². The van der Waals surface area contributed by atoms with Crippen LogP contribution in [0.2, 0.25) is 5.02 Å². The molecule has 0 bridgehead atoms. The summed E-state index contributed by atoms with van der Waals surface area (Å²) < 4.78 is 0. The van der Waals surface area contributed by atoms with Gasteiger partial charge in [0.15, 0.2) is 0 Å². The molecule has 0 atom stereocenters. The molecule has 1 aliphatic rings. The fourth-order valence-corrected chi connectivity index (χ4v) is 3.15. The van der Waals surface area contributed by atoms with Gasteiger partial charge in [-0.05, 0) is 12.1 Å². The molecule has 1 heterocycles. The number of halogens is 1. The summed E-state index contributed by atoms with van der Waals surface area (Å²) in [7, 11) is 0. The zero-order valence-corrected chi connectivity index (χ0v) is 10.8. The summed E-state index contributed by atoms with van der Waals surface area (Å²) in [5, 5.41) is 0.765. The second-order valence-corrected chi connectivity index (χ2v) is 5.28. The summed E-state index contributed by atoms with van der Waals surface area (Å²) in [6, 6.07) is 5.93. The highest BCUT2D eigenvalue weighted by molar-refractivity contribution is 7.99. The highest BCUT2D eigenvalue weighted by Gasteiger charge is 2.19. The third-order valence-electron chi connectivity index (χ3n) is 2.70. The van der Waals surface area contributed by atoms with Crippen molar-refractivity contribution in [2.75, 3.05) is 12.3 Å². The molecule has 1 aliphatic heterocycles. The predicted molar refractivity (Wildman–Crippen MR) is 67.9 cm³/mol. The normalized spacial score (nSPS) is 15.5. The van der Waals surface area contributed by atoms with Crippen molar-refractivity contribution in [3.8, 4) is 0 Å². The molecule has 1 aromatic rings. The number of carbonyl (C=O) groups excluding carboxylic acids is 1. The second kappa shape index (κ2) is 5.11. The van der Waals surface area contributed by atoms with Gasteiger partial charge in [-0.25, -0.2) is 0 Å². The van der Waals surface area contributed by atoms with Crippen molar-refractivity contribution in [1.29, 1.82) is 0 Å². The van der Waals surface area contributed by atoms with Crippen LogP contribution in [0.25, 0.3) is 0 Å². The predicted octanol–water partition coefficient (Wildman–Crippen LogP) is 3.18. The zero-order chi connectivity index (χ0) is 11.5. The lowest BCUT2D eigenvalue weighted by Gasteiger charge is -2.20. The number of benzene rings is 1. The Morgan fingerprint density at radius 2 is 2.38 bits per heavy atom. The number of hydrogen-bond donors (Lipinski definition) is 0. The summed E-state index contributed by atoms with van der Waals surface area (Å²) >= 11 is 7.95. The number of amides is 1.